The zero-order valence-electron chi connectivity index (χ0n) is 8.14. The summed E-state index contributed by atoms with van der Waals surface area (Å²) in [5.41, 5.74) is 5.74. The first kappa shape index (κ1) is 9.27. The van der Waals surface area contributed by atoms with Gasteiger partial charge in [-0.25, -0.2) is 0 Å². The molecule has 14 heavy (non-hydrogen) atoms. The molecule has 1 heterocycles. The van der Waals surface area contributed by atoms with Crippen molar-refractivity contribution >= 4 is 5.69 Å². The number of methoxy groups -OCH3 is 1. The van der Waals surface area contributed by atoms with E-state index in [4.69, 9.17) is 10.5 Å². The zero-order valence-corrected chi connectivity index (χ0v) is 8.14. The molecule has 0 amide bonds. The monoisotopic (exact) mass is 194 g/mol. The number of nitrogens with zero attached hydrogens (tertiary/aromatic N) is 1. The average molecular weight is 194 g/mol. The Kier molecular flexibility index (Phi) is 2.29. The van der Waals surface area contributed by atoms with Crippen molar-refractivity contribution in [3.8, 4) is 0 Å². The van der Waals surface area contributed by atoms with Crippen LogP contribution in [0.1, 0.15) is 18.9 Å². The van der Waals surface area contributed by atoms with E-state index in [0.29, 0.717) is 5.69 Å². The minimum atomic E-state index is -0.112. The molecule has 4 nitrogen and oxygen atoms in total. The molecular formula is C10H14N2O2. The van der Waals surface area contributed by atoms with Gasteiger partial charge in [-0.3, -0.25) is 4.79 Å². The Labute approximate surface area is 82.3 Å². The molecule has 1 aliphatic carbocycles. The standard InChI is InChI=1S/C10H14N2O2/c1-14-9-5-4-8(9)12-6-2-3-7(11)10(12)13/h2-3,6,8-9H,4-5,11H2,1H3/t8-,9-/m0/s1. The quantitative estimate of drug-likeness (QED) is 0.757. The number of hydrogen-bond donors (Lipinski definition) is 1. The molecule has 76 valence electrons. The summed E-state index contributed by atoms with van der Waals surface area (Å²) in [6.07, 6.45) is 3.94. The SMILES string of the molecule is CO[C@H]1CC[C@@H]1n1cccc(N)c1=O. The fourth-order valence-corrected chi connectivity index (χ4v) is 1.83. The number of nitrogen functional groups attached to an aromatic ring is 1. The van der Waals surface area contributed by atoms with E-state index >= 15 is 0 Å². The summed E-state index contributed by atoms with van der Waals surface area (Å²) in [5, 5.41) is 0. The van der Waals surface area contributed by atoms with Crippen molar-refractivity contribution in [3.05, 3.63) is 28.7 Å². The van der Waals surface area contributed by atoms with Crippen LogP contribution in [0.5, 0.6) is 0 Å². The van der Waals surface area contributed by atoms with Gasteiger partial charge in [0, 0.05) is 13.3 Å². The number of anilines is 1. The minimum absolute atomic E-state index is 0.112. The lowest BCUT2D eigenvalue weighted by atomic mass is 9.88. The normalized spacial score (nSPS) is 25.8. The number of aromatic nitrogens is 1. The van der Waals surface area contributed by atoms with Crippen LogP contribution in [0.3, 0.4) is 0 Å². The molecule has 4 heteroatoms. The maximum atomic E-state index is 11.6. The van der Waals surface area contributed by atoms with Crippen molar-refractivity contribution in [1.29, 1.82) is 0 Å². The van der Waals surface area contributed by atoms with Crippen molar-refractivity contribution in [3.63, 3.8) is 0 Å². The van der Waals surface area contributed by atoms with E-state index in [1.165, 1.54) is 0 Å². The molecule has 2 rings (SSSR count). The molecule has 1 aliphatic rings. The third-order valence-electron chi connectivity index (χ3n) is 2.84. The predicted molar refractivity (Wildman–Crippen MR) is 54.2 cm³/mol. The highest BCUT2D eigenvalue weighted by atomic mass is 16.5. The van der Waals surface area contributed by atoms with E-state index in [2.05, 4.69) is 0 Å². The molecule has 1 aromatic heterocycles. The Hall–Kier alpha value is -1.29. The molecule has 0 radical (unpaired) electrons. The highest BCUT2D eigenvalue weighted by molar-refractivity contribution is 5.33. The lowest BCUT2D eigenvalue weighted by Crippen LogP contribution is -2.40. The van der Waals surface area contributed by atoms with Gasteiger partial charge in [0.05, 0.1) is 17.8 Å². The molecule has 0 saturated heterocycles. The van der Waals surface area contributed by atoms with Gasteiger partial charge in [-0.05, 0) is 25.0 Å². The molecule has 1 fully saturated rings. The highest BCUT2D eigenvalue weighted by Crippen LogP contribution is 2.33. The van der Waals surface area contributed by atoms with Crippen LogP contribution in [0, 0.1) is 0 Å². The van der Waals surface area contributed by atoms with Crippen molar-refractivity contribution in [2.75, 3.05) is 12.8 Å². The zero-order chi connectivity index (χ0) is 10.1. The van der Waals surface area contributed by atoms with E-state index in [1.807, 2.05) is 0 Å². The fourth-order valence-electron chi connectivity index (χ4n) is 1.83. The third-order valence-corrected chi connectivity index (χ3v) is 2.84. The van der Waals surface area contributed by atoms with Gasteiger partial charge in [-0.1, -0.05) is 0 Å². The van der Waals surface area contributed by atoms with Crippen LogP contribution < -0.4 is 11.3 Å². The highest BCUT2D eigenvalue weighted by Gasteiger charge is 2.32. The largest absolute Gasteiger partial charge is 0.394 e. The van der Waals surface area contributed by atoms with Crippen LogP contribution >= 0.6 is 0 Å². The van der Waals surface area contributed by atoms with Gasteiger partial charge in [0.1, 0.15) is 0 Å². The van der Waals surface area contributed by atoms with Crippen LogP contribution in [-0.4, -0.2) is 17.8 Å². The van der Waals surface area contributed by atoms with Crippen molar-refractivity contribution in [1.82, 2.24) is 4.57 Å². The lowest BCUT2D eigenvalue weighted by Gasteiger charge is -2.36. The van der Waals surface area contributed by atoms with Gasteiger partial charge in [0.15, 0.2) is 0 Å². The second-order valence-corrected chi connectivity index (χ2v) is 3.59. The second kappa shape index (κ2) is 3.46. The van der Waals surface area contributed by atoms with Gasteiger partial charge in [-0.2, -0.15) is 0 Å². The van der Waals surface area contributed by atoms with Crippen LogP contribution in [-0.2, 0) is 4.74 Å². The molecule has 0 spiro atoms. The Morgan fingerprint density at radius 2 is 2.36 bits per heavy atom. The Morgan fingerprint density at radius 3 is 2.93 bits per heavy atom. The maximum Gasteiger partial charge on any atom is 0.274 e. The number of ether oxygens (including phenoxy) is 1. The molecule has 0 unspecified atom stereocenters. The summed E-state index contributed by atoms with van der Waals surface area (Å²) in [6.45, 7) is 0. The molecule has 0 aromatic carbocycles. The number of hydrogen-bond acceptors (Lipinski definition) is 3. The summed E-state index contributed by atoms with van der Waals surface area (Å²) >= 11 is 0. The molecule has 0 aliphatic heterocycles. The first-order valence-electron chi connectivity index (χ1n) is 4.73. The summed E-state index contributed by atoms with van der Waals surface area (Å²) < 4.78 is 6.92. The maximum absolute atomic E-state index is 11.6. The van der Waals surface area contributed by atoms with Crippen molar-refractivity contribution < 1.29 is 4.74 Å². The summed E-state index contributed by atoms with van der Waals surface area (Å²) in [7, 11) is 1.67. The predicted octanol–water partition coefficient (Wildman–Crippen LogP) is 0.780. The molecule has 2 atom stereocenters. The lowest BCUT2D eigenvalue weighted by molar-refractivity contribution is -0.0103. The summed E-state index contributed by atoms with van der Waals surface area (Å²) in [6, 6.07) is 3.58. The van der Waals surface area contributed by atoms with E-state index in [0.717, 1.165) is 12.8 Å². The van der Waals surface area contributed by atoms with E-state index in [9.17, 15) is 4.79 Å². The second-order valence-electron chi connectivity index (χ2n) is 3.59. The van der Waals surface area contributed by atoms with Crippen molar-refractivity contribution in [2.24, 2.45) is 0 Å². The van der Waals surface area contributed by atoms with E-state index in [1.54, 1.807) is 30.0 Å². The van der Waals surface area contributed by atoms with E-state index < -0.39 is 0 Å². The van der Waals surface area contributed by atoms with Crippen LogP contribution in [0.25, 0.3) is 0 Å². The van der Waals surface area contributed by atoms with Crippen LogP contribution in [0.2, 0.25) is 0 Å². The van der Waals surface area contributed by atoms with Gasteiger partial charge < -0.3 is 15.0 Å². The van der Waals surface area contributed by atoms with Gasteiger partial charge in [0.2, 0.25) is 0 Å². The van der Waals surface area contributed by atoms with E-state index in [-0.39, 0.29) is 17.7 Å². The Bertz CT molecular complexity index is 384. The van der Waals surface area contributed by atoms with Crippen molar-refractivity contribution in [2.45, 2.75) is 25.0 Å². The molecule has 2 N–H and O–H groups in total. The molecule has 1 aromatic rings. The first-order chi connectivity index (χ1) is 6.74. The van der Waals surface area contributed by atoms with Gasteiger partial charge in [-0.15, -0.1) is 0 Å². The molecular weight excluding hydrogens is 180 g/mol. The fraction of sp³-hybridized carbons (Fsp3) is 0.500. The van der Waals surface area contributed by atoms with Gasteiger partial charge >= 0.3 is 0 Å². The van der Waals surface area contributed by atoms with Crippen LogP contribution in [0.15, 0.2) is 23.1 Å². The minimum Gasteiger partial charge on any atom is -0.394 e. The third kappa shape index (κ3) is 1.32. The number of pyridine rings is 1. The molecule has 0 bridgehead atoms. The first-order valence-corrected chi connectivity index (χ1v) is 4.73. The smallest absolute Gasteiger partial charge is 0.274 e. The average Bonchev–Trinajstić information content (AvgIpc) is 2.12. The Morgan fingerprint density at radius 1 is 1.57 bits per heavy atom. The number of nitrogens with two attached hydrogens (primary N) is 1. The van der Waals surface area contributed by atoms with Gasteiger partial charge in [0.25, 0.3) is 5.56 Å². The Balaban J connectivity index is 2.33. The summed E-state index contributed by atoms with van der Waals surface area (Å²) in [4.78, 5) is 11.6. The topological polar surface area (TPSA) is 57.2 Å². The molecule has 1 saturated carbocycles. The number of rotatable bonds is 2. The summed E-state index contributed by atoms with van der Waals surface area (Å²) in [5.74, 6) is 0. The van der Waals surface area contributed by atoms with Crippen LogP contribution in [0.4, 0.5) is 5.69 Å².